The van der Waals surface area contributed by atoms with E-state index in [1.165, 1.54) is 37.8 Å². The van der Waals surface area contributed by atoms with Crippen molar-refractivity contribution < 1.29 is 10.0 Å². The summed E-state index contributed by atoms with van der Waals surface area (Å²) in [5.74, 6) is 0.865. The van der Waals surface area contributed by atoms with Gasteiger partial charge in [0.2, 0.25) is 0 Å². The van der Waals surface area contributed by atoms with E-state index in [1.54, 1.807) is 12.1 Å². The SMILES string of the molecule is O=[N+]([O-])c1ccc(C(O)CNCCC2CCC2)cc1. The van der Waals surface area contributed by atoms with Gasteiger partial charge in [0, 0.05) is 18.7 Å². The second-order valence-corrected chi connectivity index (χ2v) is 5.15. The van der Waals surface area contributed by atoms with Gasteiger partial charge in [0.25, 0.3) is 5.69 Å². The average molecular weight is 264 g/mol. The molecular weight excluding hydrogens is 244 g/mol. The number of rotatable bonds is 7. The molecule has 2 rings (SSSR count). The fourth-order valence-electron chi connectivity index (χ4n) is 2.26. The van der Waals surface area contributed by atoms with Gasteiger partial charge < -0.3 is 10.4 Å². The third-order valence-electron chi connectivity index (χ3n) is 3.78. The molecule has 0 spiro atoms. The smallest absolute Gasteiger partial charge is 0.269 e. The molecule has 0 amide bonds. The minimum absolute atomic E-state index is 0.0499. The van der Waals surface area contributed by atoms with Crippen LogP contribution in [0.25, 0.3) is 0 Å². The van der Waals surface area contributed by atoms with Crippen molar-refractivity contribution in [3.8, 4) is 0 Å². The molecule has 5 nitrogen and oxygen atoms in total. The van der Waals surface area contributed by atoms with Gasteiger partial charge in [-0.25, -0.2) is 0 Å². The summed E-state index contributed by atoms with van der Waals surface area (Å²) in [5.41, 5.74) is 0.760. The molecule has 2 N–H and O–H groups in total. The van der Waals surface area contributed by atoms with Crippen LogP contribution in [0.15, 0.2) is 24.3 Å². The largest absolute Gasteiger partial charge is 0.387 e. The standard InChI is InChI=1S/C14H20N2O3/c17-14(10-15-9-8-11-2-1-3-11)12-4-6-13(7-5-12)16(18)19/h4-7,11,14-15,17H,1-3,8-10H2. The van der Waals surface area contributed by atoms with Crippen LogP contribution in [0.5, 0.6) is 0 Å². The topological polar surface area (TPSA) is 75.4 Å². The van der Waals surface area contributed by atoms with Crippen molar-refractivity contribution in [2.75, 3.05) is 13.1 Å². The summed E-state index contributed by atoms with van der Waals surface area (Å²) in [6.07, 6.45) is 4.60. The van der Waals surface area contributed by atoms with Crippen molar-refractivity contribution in [2.24, 2.45) is 5.92 Å². The third kappa shape index (κ3) is 4.01. The first-order chi connectivity index (χ1) is 9.16. The van der Waals surface area contributed by atoms with Crippen molar-refractivity contribution in [3.05, 3.63) is 39.9 Å². The highest BCUT2D eigenvalue weighted by atomic mass is 16.6. The molecule has 1 aromatic carbocycles. The van der Waals surface area contributed by atoms with Crippen LogP contribution in [-0.2, 0) is 0 Å². The van der Waals surface area contributed by atoms with Gasteiger partial charge in [0.05, 0.1) is 11.0 Å². The van der Waals surface area contributed by atoms with Crippen molar-refractivity contribution in [1.82, 2.24) is 5.32 Å². The molecule has 1 aliphatic carbocycles. The zero-order valence-electron chi connectivity index (χ0n) is 10.9. The molecular formula is C14H20N2O3. The van der Waals surface area contributed by atoms with Gasteiger partial charge in [-0.1, -0.05) is 19.3 Å². The zero-order valence-corrected chi connectivity index (χ0v) is 10.9. The van der Waals surface area contributed by atoms with Crippen LogP contribution in [-0.4, -0.2) is 23.1 Å². The van der Waals surface area contributed by atoms with Crippen LogP contribution in [0.4, 0.5) is 5.69 Å². The number of hydrogen-bond donors (Lipinski definition) is 2. The third-order valence-corrected chi connectivity index (χ3v) is 3.78. The molecule has 0 aromatic heterocycles. The Morgan fingerprint density at radius 1 is 1.37 bits per heavy atom. The predicted molar refractivity (Wildman–Crippen MR) is 72.9 cm³/mol. The first-order valence-corrected chi connectivity index (χ1v) is 6.80. The number of nitrogens with one attached hydrogen (secondary N) is 1. The van der Waals surface area contributed by atoms with Crippen LogP contribution >= 0.6 is 0 Å². The van der Waals surface area contributed by atoms with Crippen LogP contribution in [0.3, 0.4) is 0 Å². The summed E-state index contributed by atoms with van der Waals surface area (Å²) >= 11 is 0. The monoisotopic (exact) mass is 264 g/mol. The Morgan fingerprint density at radius 3 is 2.58 bits per heavy atom. The number of aliphatic hydroxyl groups is 1. The van der Waals surface area contributed by atoms with Gasteiger partial charge in [0.1, 0.15) is 0 Å². The minimum atomic E-state index is -0.609. The van der Waals surface area contributed by atoms with Crippen molar-refractivity contribution in [1.29, 1.82) is 0 Å². The number of aliphatic hydroxyl groups excluding tert-OH is 1. The molecule has 1 saturated carbocycles. The van der Waals surface area contributed by atoms with E-state index in [-0.39, 0.29) is 5.69 Å². The highest BCUT2D eigenvalue weighted by Gasteiger charge is 2.16. The minimum Gasteiger partial charge on any atom is -0.387 e. The van der Waals surface area contributed by atoms with E-state index in [0.29, 0.717) is 12.1 Å². The maximum atomic E-state index is 10.5. The summed E-state index contributed by atoms with van der Waals surface area (Å²) in [6, 6.07) is 6.06. The number of nitro benzene ring substituents is 1. The second kappa shape index (κ2) is 6.63. The summed E-state index contributed by atoms with van der Waals surface area (Å²) in [6.45, 7) is 1.42. The number of benzene rings is 1. The van der Waals surface area contributed by atoms with E-state index < -0.39 is 11.0 Å². The molecule has 1 atom stereocenters. The number of hydrogen-bond acceptors (Lipinski definition) is 4. The summed E-state index contributed by atoms with van der Waals surface area (Å²) in [5, 5.41) is 23.7. The van der Waals surface area contributed by atoms with Crippen LogP contribution in [0, 0.1) is 16.0 Å². The lowest BCUT2D eigenvalue weighted by atomic mass is 9.83. The molecule has 1 fully saturated rings. The first kappa shape index (κ1) is 14.0. The lowest BCUT2D eigenvalue weighted by Crippen LogP contribution is -2.25. The van der Waals surface area contributed by atoms with Gasteiger partial charge >= 0.3 is 0 Å². The van der Waals surface area contributed by atoms with E-state index >= 15 is 0 Å². The summed E-state index contributed by atoms with van der Waals surface area (Å²) < 4.78 is 0. The summed E-state index contributed by atoms with van der Waals surface area (Å²) in [4.78, 5) is 10.1. The average Bonchev–Trinajstić information content (AvgIpc) is 2.36. The number of nitro groups is 1. The molecule has 19 heavy (non-hydrogen) atoms. The van der Waals surface area contributed by atoms with Gasteiger partial charge in [0.15, 0.2) is 0 Å². The maximum Gasteiger partial charge on any atom is 0.269 e. The van der Waals surface area contributed by atoms with Gasteiger partial charge in [-0.05, 0) is 36.6 Å². The summed E-state index contributed by atoms with van der Waals surface area (Å²) in [7, 11) is 0. The first-order valence-electron chi connectivity index (χ1n) is 6.80. The molecule has 104 valence electrons. The van der Waals surface area contributed by atoms with Crippen LogP contribution in [0.2, 0.25) is 0 Å². The quantitative estimate of drug-likeness (QED) is 0.450. The molecule has 0 radical (unpaired) electrons. The van der Waals surface area contributed by atoms with Gasteiger partial charge in [-0.15, -0.1) is 0 Å². The van der Waals surface area contributed by atoms with Crippen LogP contribution < -0.4 is 5.32 Å². The van der Waals surface area contributed by atoms with Crippen molar-refractivity contribution in [3.63, 3.8) is 0 Å². The number of nitrogens with zero attached hydrogens (tertiary/aromatic N) is 1. The van der Waals surface area contributed by atoms with E-state index in [1.807, 2.05) is 0 Å². The molecule has 5 heteroatoms. The number of non-ortho nitro benzene ring substituents is 1. The highest BCUT2D eigenvalue weighted by Crippen LogP contribution is 2.28. The molecule has 1 aromatic rings. The van der Waals surface area contributed by atoms with Crippen molar-refractivity contribution >= 4 is 5.69 Å². The maximum absolute atomic E-state index is 10.5. The highest BCUT2D eigenvalue weighted by molar-refractivity contribution is 5.33. The predicted octanol–water partition coefficient (Wildman–Crippen LogP) is 2.41. The molecule has 0 bridgehead atoms. The van der Waals surface area contributed by atoms with E-state index in [0.717, 1.165) is 12.5 Å². The van der Waals surface area contributed by atoms with Crippen molar-refractivity contribution in [2.45, 2.75) is 31.8 Å². The van der Waals surface area contributed by atoms with Gasteiger partial charge in [-0.3, -0.25) is 10.1 Å². The zero-order chi connectivity index (χ0) is 13.7. The van der Waals surface area contributed by atoms with E-state index in [4.69, 9.17) is 0 Å². The fourth-order valence-corrected chi connectivity index (χ4v) is 2.26. The fraction of sp³-hybridized carbons (Fsp3) is 0.571. The Labute approximate surface area is 112 Å². The Morgan fingerprint density at radius 2 is 2.05 bits per heavy atom. The molecule has 0 saturated heterocycles. The lowest BCUT2D eigenvalue weighted by Gasteiger charge is -2.25. The lowest BCUT2D eigenvalue weighted by molar-refractivity contribution is -0.384. The Hall–Kier alpha value is -1.46. The van der Waals surface area contributed by atoms with E-state index in [2.05, 4.69) is 5.32 Å². The molecule has 0 aliphatic heterocycles. The Bertz CT molecular complexity index is 415. The Balaban J connectivity index is 1.72. The molecule has 1 aliphatic rings. The normalized spacial score (nSPS) is 16.9. The molecule has 1 unspecified atom stereocenters. The van der Waals surface area contributed by atoms with Gasteiger partial charge in [-0.2, -0.15) is 0 Å². The second-order valence-electron chi connectivity index (χ2n) is 5.15. The Kier molecular flexibility index (Phi) is 4.87. The van der Waals surface area contributed by atoms with Crippen LogP contribution in [0.1, 0.15) is 37.4 Å². The molecule has 0 heterocycles. The van der Waals surface area contributed by atoms with E-state index in [9.17, 15) is 15.2 Å².